The Hall–Kier alpha value is -2.73. The molecule has 4 aromatic rings. The van der Waals surface area contributed by atoms with Crippen LogP contribution in [0.5, 0.6) is 0 Å². The van der Waals surface area contributed by atoms with Crippen molar-refractivity contribution in [3.8, 4) is 16.9 Å². The van der Waals surface area contributed by atoms with Gasteiger partial charge in [0, 0.05) is 17.1 Å². The van der Waals surface area contributed by atoms with Gasteiger partial charge in [-0.05, 0) is 30.3 Å². The predicted molar refractivity (Wildman–Crippen MR) is 79.3 cm³/mol. The largest absolute Gasteiger partial charge is 0.278 e. The lowest BCUT2D eigenvalue weighted by atomic mass is 10.2. The van der Waals surface area contributed by atoms with E-state index in [-0.39, 0.29) is 0 Å². The van der Waals surface area contributed by atoms with Crippen LogP contribution in [0.1, 0.15) is 0 Å². The highest BCUT2D eigenvalue weighted by molar-refractivity contribution is 6.31. The van der Waals surface area contributed by atoms with Gasteiger partial charge >= 0.3 is 0 Å². The highest BCUT2D eigenvalue weighted by atomic mass is 35.5. The molecular weight excluding hydrogens is 288 g/mol. The zero-order valence-electron chi connectivity index (χ0n) is 10.7. The van der Waals surface area contributed by atoms with E-state index in [0.717, 1.165) is 22.2 Å². The third-order valence-electron chi connectivity index (χ3n) is 3.22. The summed E-state index contributed by atoms with van der Waals surface area (Å²) in [5, 5.41) is 16.7. The van der Waals surface area contributed by atoms with Gasteiger partial charge in [-0.3, -0.25) is 5.10 Å². The number of aromatic amines is 1. The molecule has 0 aliphatic rings. The number of aromatic nitrogens is 6. The van der Waals surface area contributed by atoms with Gasteiger partial charge in [0.1, 0.15) is 10.8 Å². The van der Waals surface area contributed by atoms with Crippen LogP contribution in [0.3, 0.4) is 0 Å². The third kappa shape index (κ3) is 2.05. The minimum atomic E-state index is 0.411. The summed E-state index contributed by atoms with van der Waals surface area (Å²) >= 11 is 6.08. The molecular formula is C14H9ClN6. The van der Waals surface area contributed by atoms with Crippen molar-refractivity contribution in [3.05, 3.63) is 54.1 Å². The van der Waals surface area contributed by atoms with Gasteiger partial charge in [0.2, 0.25) is 0 Å². The molecule has 0 aliphatic carbocycles. The molecule has 0 aliphatic heterocycles. The molecule has 3 heterocycles. The van der Waals surface area contributed by atoms with Crippen LogP contribution in [0.25, 0.3) is 27.8 Å². The van der Waals surface area contributed by atoms with E-state index in [1.807, 2.05) is 36.5 Å². The summed E-state index contributed by atoms with van der Waals surface area (Å²) in [6.07, 6.45) is 5.24. The number of halogens is 1. The SMILES string of the molecule is Clc1ncccc1-c1cn(-c2ccc3cn[nH]c3c2)nn1. The lowest BCUT2D eigenvalue weighted by Gasteiger charge is -1.99. The topological polar surface area (TPSA) is 72.3 Å². The molecule has 0 saturated carbocycles. The standard InChI is InChI=1S/C14H9ClN6/c15-14-11(2-1-5-16-14)13-8-21(20-19-13)10-4-3-9-7-17-18-12(9)6-10/h1-8H,(H,17,18). The van der Waals surface area contributed by atoms with E-state index >= 15 is 0 Å². The quantitative estimate of drug-likeness (QED) is 0.577. The van der Waals surface area contributed by atoms with Crippen LogP contribution < -0.4 is 0 Å². The molecule has 0 radical (unpaired) electrons. The van der Waals surface area contributed by atoms with E-state index < -0.39 is 0 Å². The van der Waals surface area contributed by atoms with Gasteiger partial charge in [-0.2, -0.15) is 5.10 Å². The molecule has 0 spiro atoms. The van der Waals surface area contributed by atoms with Crippen LogP contribution in [0, 0.1) is 0 Å². The van der Waals surface area contributed by atoms with Gasteiger partial charge in [-0.25, -0.2) is 9.67 Å². The molecule has 21 heavy (non-hydrogen) atoms. The van der Waals surface area contributed by atoms with Crippen molar-refractivity contribution in [3.63, 3.8) is 0 Å². The maximum atomic E-state index is 6.08. The summed E-state index contributed by atoms with van der Waals surface area (Å²) < 4.78 is 1.69. The molecule has 0 atom stereocenters. The minimum Gasteiger partial charge on any atom is -0.278 e. The molecule has 7 heteroatoms. The van der Waals surface area contributed by atoms with Crippen molar-refractivity contribution in [2.45, 2.75) is 0 Å². The number of hydrogen-bond acceptors (Lipinski definition) is 4. The predicted octanol–water partition coefficient (Wildman–Crippen LogP) is 2.86. The Morgan fingerprint density at radius 3 is 3.05 bits per heavy atom. The Bertz CT molecular complexity index is 926. The molecule has 102 valence electrons. The highest BCUT2D eigenvalue weighted by Crippen LogP contribution is 2.24. The summed E-state index contributed by atoms with van der Waals surface area (Å²) in [7, 11) is 0. The molecule has 4 rings (SSSR count). The lowest BCUT2D eigenvalue weighted by Crippen LogP contribution is -1.94. The van der Waals surface area contributed by atoms with Crippen molar-refractivity contribution < 1.29 is 0 Å². The van der Waals surface area contributed by atoms with Crippen LogP contribution in [0.2, 0.25) is 5.15 Å². The summed E-state index contributed by atoms with van der Waals surface area (Å²) in [5.74, 6) is 0. The van der Waals surface area contributed by atoms with Crippen LogP contribution >= 0.6 is 11.6 Å². The number of nitrogens with zero attached hydrogens (tertiary/aromatic N) is 5. The van der Waals surface area contributed by atoms with Gasteiger partial charge in [-0.15, -0.1) is 5.10 Å². The van der Waals surface area contributed by atoms with E-state index in [2.05, 4.69) is 25.5 Å². The zero-order valence-corrected chi connectivity index (χ0v) is 11.5. The summed E-state index contributed by atoms with van der Waals surface area (Å²) in [6, 6.07) is 9.58. The van der Waals surface area contributed by atoms with E-state index in [4.69, 9.17) is 11.6 Å². The van der Waals surface area contributed by atoms with E-state index in [0.29, 0.717) is 10.8 Å². The summed E-state index contributed by atoms with van der Waals surface area (Å²) in [5.41, 5.74) is 3.28. The Kier molecular flexibility index (Phi) is 2.68. The Morgan fingerprint density at radius 2 is 2.14 bits per heavy atom. The fraction of sp³-hybridized carbons (Fsp3) is 0. The van der Waals surface area contributed by atoms with E-state index in [1.54, 1.807) is 17.1 Å². The van der Waals surface area contributed by atoms with Crippen LogP contribution in [-0.2, 0) is 0 Å². The fourth-order valence-corrected chi connectivity index (χ4v) is 2.37. The molecule has 3 aromatic heterocycles. The van der Waals surface area contributed by atoms with Crippen LogP contribution in [0.4, 0.5) is 0 Å². The van der Waals surface area contributed by atoms with Gasteiger partial charge in [0.05, 0.1) is 23.6 Å². The molecule has 0 fully saturated rings. The van der Waals surface area contributed by atoms with Crippen molar-refractivity contribution in [1.29, 1.82) is 0 Å². The van der Waals surface area contributed by atoms with Gasteiger partial charge < -0.3 is 0 Å². The average Bonchev–Trinajstić information content (AvgIpc) is 3.16. The second kappa shape index (κ2) is 4.68. The number of hydrogen-bond donors (Lipinski definition) is 1. The maximum absolute atomic E-state index is 6.08. The zero-order chi connectivity index (χ0) is 14.2. The molecule has 0 saturated heterocycles. The number of rotatable bonds is 2. The number of nitrogens with one attached hydrogen (secondary N) is 1. The van der Waals surface area contributed by atoms with Gasteiger partial charge in [0.15, 0.2) is 0 Å². The van der Waals surface area contributed by atoms with E-state index in [9.17, 15) is 0 Å². The number of benzene rings is 1. The smallest absolute Gasteiger partial charge is 0.138 e. The molecule has 0 unspecified atom stereocenters. The first-order valence-corrected chi connectivity index (χ1v) is 6.66. The van der Waals surface area contributed by atoms with Crippen molar-refractivity contribution in [2.24, 2.45) is 0 Å². The molecule has 6 nitrogen and oxygen atoms in total. The second-order valence-electron chi connectivity index (χ2n) is 4.53. The third-order valence-corrected chi connectivity index (χ3v) is 3.52. The fourth-order valence-electron chi connectivity index (χ4n) is 2.16. The summed E-state index contributed by atoms with van der Waals surface area (Å²) in [4.78, 5) is 4.05. The first-order valence-electron chi connectivity index (χ1n) is 6.28. The first kappa shape index (κ1) is 12.0. The molecule has 0 amide bonds. The van der Waals surface area contributed by atoms with Crippen LogP contribution in [-0.4, -0.2) is 30.2 Å². The Morgan fingerprint density at radius 1 is 1.19 bits per heavy atom. The maximum Gasteiger partial charge on any atom is 0.138 e. The molecule has 1 aromatic carbocycles. The Labute approximate surface area is 124 Å². The monoisotopic (exact) mass is 296 g/mol. The van der Waals surface area contributed by atoms with Gasteiger partial charge in [0.25, 0.3) is 0 Å². The second-order valence-corrected chi connectivity index (χ2v) is 4.89. The minimum absolute atomic E-state index is 0.411. The normalized spacial score (nSPS) is 11.1. The average molecular weight is 297 g/mol. The molecule has 1 N–H and O–H groups in total. The van der Waals surface area contributed by atoms with Gasteiger partial charge in [-0.1, -0.05) is 16.8 Å². The number of pyridine rings is 1. The first-order chi connectivity index (χ1) is 10.3. The van der Waals surface area contributed by atoms with Crippen LogP contribution in [0.15, 0.2) is 48.9 Å². The van der Waals surface area contributed by atoms with Crippen molar-refractivity contribution in [2.75, 3.05) is 0 Å². The lowest BCUT2D eigenvalue weighted by molar-refractivity contribution is 0.804. The summed E-state index contributed by atoms with van der Waals surface area (Å²) in [6.45, 7) is 0. The van der Waals surface area contributed by atoms with Crippen molar-refractivity contribution >= 4 is 22.5 Å². The number of H-pyrrole nitrogens is 1. The highest BCUT2D eigenvalue weighted by Gasteiger charge is 2.09. The molecule has 0 bridgehead atoms. The number of fused-ring (bicyclic) bond motifs is 1. The van der Waals surface area contributed by atoms with Crippen molar-refractivity contribution in [1.82, 2.24) is 30.2 Å². The Balaban J connectivity index is 1.78. The van der Waals surface area contributed by atoms with E-state index in [1.165, 1.54) is 0 Å².